The van der Waals surface area contributed by atoms with Crippen LogP contribution in [0.25, 0.3) is 0 Å². The normalized spacial score (nSPS) is 16.8. The Bertz CT molecular complexity index is 744. The average Bonchev–Trinajstić information content (AvgIpc) is 2.74. The summed E-state index contributed by atoms with van der Waals surface area (Å²) in [6.45, 7) is 27.9. The third-order valence-electron chi connectivity index (χ3n) is 7.14. The van der Waals surface area contributed by atoms with Crippen molar-refractivity contribution in [2.45, 2.75) is 96.4 Å². The van der Waals surface area contributed by atoms with E-state index >= 15 is 0 Å². The Morgan fingerprint density at radius 3 is 1.47 bits per heavy atom. The number of hydrogen-bond donors (Lipinski definition) is 0. The van der Waals surface area contributed by atoms with Gasteiger partial charge in [0, 0.05) is 10.8 Å². The molecule has 0 spiro atoms. The first-order valence-corrected chi connectivity index (χ1v) is 13.5. The van der Waals surface area contributed by atoms with E-state index in [1.807, 2.05) is 93.5 Å². The minimum Gasteiger partial charge on any atom is -0.465 e. The van der Waals surface area contributed by atoms with Gasteiger partial charge in [-0.25, -0.2) is 0 Å². The van der Waals surface area contributed by atoms with Crippen LogP contribution in [0.5, 0.6) is 0 Å². The molecule has 3 atom stereocenters. The highest BCUT2D eigenvalue weighted by Crippen LogP contribution is 2.33. The maximum absolute atomic E-state index is 12.8. The van der Waals surface area contributed by atoms with E-state index in [1.54, 1.807) is 0 Å². The fourth-order valence-electron chi connectivity index (χ4n) is 4.28. The predicted molar refractivity (Wildman–Crippen MR) is 150 cm³/mol. The zero-order valence-corrected chi connectivity index (χ0v) is 25.6. The van der Waals surface area contributed by atoms with Crippen molar-refractivity contribution in [2.24, 2.45) is 39.4 Å². The van der Waals surface area contributed by atoms with Gasteiger partial charge in [-0.05, 0) is 37.0 Å². The number of carbonyl (C=O) groups is 2. The van der Waals surface area contributed by atoms with Crippen LogP contribution in [0.1, 0.15) is 96.4 Å². The van der Waals surface area contributed by atoms with E-state index in [9.17, 15) is 9.59 Å². The topological polar surface area (TPSA) is 61.8 Å². The molecule has 0 rings (SSSR count). The minimum absolute atomic E-state index is 0.185. The third-order valence-corrected chi connectivity index (χ3v) is 7.14. The maximum Gasteiger partial charge on any atom is 0.309 e. The molecule has 0 amide bonds. The summed E-state index contributed by atoms with van der Waals surface area (Å²) in [5, 5.41) is 0. The van der Waals surface area contributed by atoms with Gasteiger partial charge in [0.2, 0.25) is 0 Å². The molecule has 0 saturated carbocycles. The van der Waals surface area contributed by atoms with Crippen molar-refractivity contribution in [2.75, 3.05) is 26.4 Å². The summed E-state index contributed by atoms with van der Waals surface area (Å²) in [6, 6.07) is 0. The monoisotopic (exact) mass is 508 g/mol. The number of hydrogen-bond acceptors (Lipinski definition) is 5. The van der Waals surface area contributed by atoms with Crippen molar-refractivity contribution in [3.05, 3.63) is 24.3 Å². The molecule has 0 fully saturated rings. The zero-order valence-electron chi connectivity index (χ0n) is 25.6. The van der Waals surface area contributed by atoms with Crippen LogP contribution in [0.2, 0.25) is 0 Å². The summed E-state index contributed by atoms with van der Waals surface area (Å²) in [5.41, 5.74) is -1.16. The lowest BCUT2D eigenvalue weighted by atomic mass is 9.79. The average molecular weight is 509 g/mol. The van der Waals surface area contributed by atoms with Crippen molar-refractivity contribution in [1.82, 2.24) is 0 Å². The molecule has 0 radical (unpaired) electrons. The Kier molecular flexibility index (Phi) is 13.7. The van der Waals surface area contributed by atoms with E-state index in [-0.39, 0.29) is 52.0 Å². The molecule has 0 aliphatic rings. The highest BCUT2D eigenvalue weighted by molar-refractivity contribution is 5.73. The SMILES string of the molecule is CC=CC(C)(C)C(C)C(=O)OCC(C)(C)COCC(C)(COC(=O)C(C)C(C)(C)C=CC)CC(C)C. The van der Waals surface area contributed by atoms with E-state index in [0.29, 0.717) is 25.7 Å². The molecule has 0 N–H and O–H groups in total. The van der Waals surface area contributed by atoms with E-state index in [2.05, 4.69) is 20.8 Å². The lowest BCUT2D eigenvalue weighted by Gasteiger charge is -2.34. The molecule has 0 bridgehead atoms. The van der Waals surface area contributed by atoms with Crippen LogP contribution >= 0.6 is 0 Å². The Labute approximate surface area is 222 Å². The summed E-state index contributed by atoms with van der Waals surface area (Å²) in [5.74, 6) is -0.431. The van der Waals surface area contributed by atoms with Gasteiger partial charge in [0.25, 0.3) is 0 Å². The molecule has 0 aliphatic heterocycles. The largest absolute Gasteiger partial charge is 0.465 e. The second kappa shape index (κ2) is 14.4. The lowest BCUT2D eigenvalue weighted by molar-refractivity contribution is -0.157. The Morgan fingerprint density at radius 1 is 0.667 bits per heavy atom. The summed E-state index contributed by atoms with van der Waals surface area (Å²) in [6.07, 6.45) is 8.91. The minimum atomic E-state index is -0.333. The number of carbonyl (C=O) groups excluding carboxylic acids is 2. The van der Waals surface area contributed by atoms with E-state index in [0.717, 1.165) is 6.42 Å². The molecular formula is C31H56O5. The van der Waals surface area contributed by atoms with Crippen LogP contribution in [0, 0.1) is 39.4 Å². The fraction of sp³-hybridized carbons (Fsp3) is 0.806. The van der Waals surface area contributed by atoms with Gasteiger partial charge in [0.05, 0.1) is 38.3 Å². The maximum atomic E-state index is 12.8. The molecule has 5 heteroatoms. The van der Waals surface area contributed by atoms with E-state index < -0.39 is 0 Å². The van der Waals surface area contributed by atoms with Crippen molar-refractivity contribution in [3.63, 3.8) is 0 Å². The van der Waals surface area contributed by atoms with Crippen LogP contribution in [-0.2, 0) is 23.8 Å². The highest BCUT2D eigenvalue weighted by Gasteiger charge is 2.35. The van der Waals surface area contributed by atoms with Gasteiger partial charge < -0.3 is 14.2 Å². The number of rotatable bonds is 16. The van der Waals surface area contributed by atoms with Crippen molar-refractivity contribution >= 4 is 11.9 Å². The molecule has 0 aromatic carbocycles. The third kappa shape index (κ3) is 12.1. The molecule has 0 heterocycles. The summed E-state index contributed by atoms with van der Waals surface area (Å²) >= 11 is 0. The lowest BCUT2D eigenvalue weighted by Crippen LogP contribution is -2.37. The van der Waals surface area contributed by atoms with Crippen molar-refractivity contribution in [1.29, 1.82) is 0 Å². The molecule has 210 valence electrons. The molecule has 0 aliphatic carbocycles. The quantitative estimate of drug-likeness (QED) is 0.158. The molecule has 3 unspecified atom stereocenters. The van der Waals surface area contributed by atoms with Gasteiger partial charge in [-0.15, -0.1) is 0 Å². The first-order valence-electron chi connectivity index (χ1n) is 13.5. The first kappa shape index (κ1) is 34.4. The van der Waals surface area contributed by atoms with Crippen LogP contribution in [0.3, 0.4) is 0 Å². The molecule has 0 saturated heterocycles. The Morgan fingerprint density at radius 2 is 1.08 bits per heavy atom. The van der Waals surface area contributed by atoms with Gasteiger partial charge in [0.1, 0.15) is 0 Å². The molecule has 36 heavy (non-hydrogen) atoms. The smallest absolute Gasteiger partial charge is 0.309 e. The van der Waals surface area contributed by atoms with Crippen LogP contribution in [0.4, 0.5) is 0 Å². The molecule has 0 aromatic heterocycles. The van der Waals surface area contributed by atoms with Gasteiger partial charge in [0.15, 0.2) is 0 Å². The number of esters is 2. The summed E-state index contributed by atoms with van der Waals surface area (Å²) in [7, 11) is 0. The van der Waals surface area contributed by atoms with Crippen LogP contribution < -0.4 is 0 Å². The van der Waals surface area contributed by atoms with Gasteiger partial charge in [-0.2, -0.15) is 0 Å². The predicted octanol–water partition coefficient (Wildman–Crippen LogP) is 7.64. The fourth-order valence-corrected chi connectivity index (χ4v) is 4.28. The molecular weight excluding hydrogens is 452 g/mol. The Balaban J connectivity index is 5.01. The summed E-state index contributed by atoms with van der Waals surface area (Å²) in [4.78, 5) is 25.4. The highest BCUT2D eigenvalue weighted by atomic mass is 16.5. The second-order valence-electron chi connectivity index (χ2n) is 13.4. The zero-order chi connectivity index (χ0) is 28.4. The second-order valence-corrected chi connectivity index (χ2v) is 13.4. The number of ether oxygens (including phenoxy) is 3. The van der Waals surface area contributed by atoms with Crippen molar-refractivity contribution in [3.8, 4) is 0 Å². The van der Waals surface area contributed by atoms with Crippen LogP contribution in [0.15, 0.2) is 24.3 Å². The van der Waals surface area contributed by atoms with Gasteiger partial charge in [-0.1, -0.05) is 100 Å². The summed E-state index contributed by atoms with van der Waals surface area (Å²) < 4.78 is 17.6. The van der Waals surface area contributed by atoms with Gasteiger partial charge >= 0.3 is 11.9 Å². The number of allylic oxidation sites excluding steroid dienone is 4. The standard InChI is InChI=1S/C31H56O5/c1-14-16-29(9,10)24(5)26(32)35-20-28(7,8)19-34-21-31(13,18-23(3)4)22-36-27(33)25(6)30(11,12)17-15-2/h14-17,23-25H,18-22H2,1-13H3. The van der Waals surface area contributed by atoms with E-state index in [1.165, 1.54) is 0 Å². The Hall–Kier alpha value is -1.62. The van der Waals surface area contributed by atoms with E-state index in [4.69, 9.17) is 14.2 Å². The molecule has 0 aromatic rings. The molecule has 5 nitrogen and oxygen atoms in total. The van der Waals surface area contributed by atoms with Gasteiger partial charge in [-0.3, -0.25) is 9.59 Å². The van der Waals surface area contributed by atoms with Crippen molar-refractivity contribution < 1.29 is 23.8 Å². The first-order chi connectivity index (χ1) is 16.3. The van der Waals surface area contributed by atoms with Crippen LogP contribution in [-0.4, -0.2) is 38.4 Å².